The predicted octanol–water partition coefficient (Wildman–Crippen LogP) is -0.0455. The fourth-order valence-electron chi connectivity index (χ4n) is 0.251. The molecule has 0 fully saturated rings. The van der Waals surface area contributed by atoms with Gasteiger partial charge in [0.05, 0.1) is 13.2 Å². The summed E-state index contributed by atoms with van der Waals surface area (Å²) >= 11 is 0. The zero-order chi connectivity index (χ0) is 7.11. The van der Waals surface area contributed by atoms with Crippen LogP contribution in [0.3, 0.4) is 0 Å². The summed E-state index contributed by atoms with van der Waals surface area (Å²) in [6, 6.07) is 0. The Balaban J connectivity index is 2.75. The van der Waals surface area contributed by atoms with Crippen LogP contribution >= 0.6 is 0 Å². The van der Waals surface area contributed by atoms with E-state index in [-0.39, 0.29) is 12.7 Å². The van der Waals surface area contributed by atoms with Crippen LogP contribution in [-0.2, 0) is 9.31 Å². The Bertz CT molecular complexity index is 58.2. The lowest BCUT2D eigenvalue weighted by molar-refractivity contribution is 0.149. The Hall–Kier alpha value is -0.0551. The molecule has 0 unspecified atom stereocenters. The quantitative estimate of drug-likeness (QED) is 0.420. The molecule has 1 N–H and O–H groups in total. The van der Waals surface area contributed by atoms with Crippen LogP contribution in [-0.4, -0.2) is 32.1 Å². The highest BCUT2D eigenvalue weighted by Gasteiger charge is 1.95. The van der Waals surface area contributed by atoms with Crippen LogP contribution in [0, 0.1) is 0 Å². The van der Waals surface area contributed by atoms with Crippen molar-refractivity contribution in [2.24, 2.45) is 0 Å². The molecule has 0 heterocycles. The average molecular weight is 131 g/mol. The van der Waals surface area contributed by atoms with Gasteiger partial charge in [0, 0.05) is 6.10 Å². The summed E-state index contributed by atoms with van der Waals surface area (Å²) in [4.78, 5) is 0. The van der Waals surface area contributed by atoms with Gasteiger partial charge in [0.15, 0.2) is 0 Å². The van der Waals surface area contributed by atoms with Crippen LogP contribution in [0.4, 0.5) is 0 Å². The molecule has 0 bridgehead atoms. The molecule has 0 amide bonds. The molecule has 0 spiro atoms. The normalized spacial score (nSPS) is 10.2. The number of rotatable bonds is 5. The van der Waals surface area contributed by atoms with E-state index in [1.54, 1.807) is 0 Å². The molecule has 0 aromatic rings. The Morgan fingerprint density at radius 1 is 1.56 bits per heavy atom. The molecule has 0 aliphatic carbocycles. The zero-order valence-corrected chi connectivity index (χ0v) is 5.83. The van der Waals surface area contributed by atoms with E-state index >= 15 is 0 Å². The van der Waals surface area contributed by atoms with Crippen LogP contribution in [0.25, 0.3) is 0 Å². The topological polar surface area (TPSA) is 38.7 Å². The standard InChI is InChI=1S/C5H12BO3/c1-5(2)9-6-8-4-3-7/h5,7H,3-4H2,1-2H3. The van der Waals surface area contributed by atoms with Gasteiger partial charge in [-0.3, -0.25) is 0 Å². The molecular weight excluding hydrogens is 119 g/mol. The summed E-state index contributed by atoms with van der Waals surface area (Å²) in [5, 5.41) is 8.23. The second-order valence-corrected chi connectivity index (χ2v) is 1.88. The molecule has 0 saturated heterocycles. The van der Waals surface area contributed by atoms with Crippen molar-refractivity contribution in [2.75, 3.05) is 13.2 Å². The molecule has 0 saturated carbocycles. The van der Waals surface area contributed by atoms with Crippen molar-refractivity contribution < 1.29 is 14.4 Å². The molecular formula is C5H12BO3. The second-order valence-electron chi connectivity index (χ2n) is 1.88. The fourth-order valence-corrected chi connectivity index (χ4v) is 0.251. The molecule has 1 radical (unpaired) electrons. The smallest absolute Gasteiger partial charge is 0.411 e. The lowest BCUT2D eigenvalue weighted by atomic mass is 10.3. The summed E-state index contributed by atoms with van der Waals surface area (Å²) in [5.74, 6) is 0. The second kappa shape index (κ2) is 6.07. The highest BCUT2D eigenvalue weighted by atomic mass is 16.6. The Labute approximate surface area is 56.3 Å². The minimum absolute atomic E-state index is 0.0257. The van der Waals surface area contributed by atoms with Gasteiger partial charge in [-0.25, -0.2) is 0 Å². The maximum Gasteiger partial charge on any atom is 0.488 e. The molecule has 0 aliphatic rings. The summed E-state index contributed by atoms with van der Waals surface area (Å²) in [7, 11) is 1.25. The first-order chi connectivity index (χ1) is 4.27. The summed E-state index contributed by atoms with van der Waals surface area (Å²) in [6.07, 6.45) is 0.142. The van der Waals surface area contributed by atoms with Crippen LogP contribution in [0.5, 0.6) is 0 Å². The third-order valence-corrected chi connectivity index (χ3v) is 0.605. The fraction of sp³-hybridized carbons (Fsp3) is 1.00. The molecule has 4 heteroatoms. The van der Waals surface area contributed by atoms with E-state index < -0.39 is 0 Å². The van der Waals surface area contributed by atoms with Gasteiger partial charge in [-0.05, 0) is 13.8 Å². The SMILES string of the molecule is CC(C)O[B]OCCO. The first kappa shape index (κ1) is 8.94. The van der Waals surface area contributed by atoms with Crippen molar-refractivity contribution in [3.63, 3.8) is 0 Å². The van der Waals surface area contributed by atoms with Gasteiger partial charge in [-0.1, -0.05) is 0 Å². The molecule has 0 aromatic carbocycles. The number of aliphatic hydroxyl groups is 1. The third kappa shape index (κ3) is 7.94. The van der Waals surface area contributed by atoms with Crippen LogP contribution in [0.15, 0.2) is 0 Å². The van der Waals surface area contributed by atoms with Crippen molar-refractivity contribution in [2.45, 2.75) is 20.0 Å². The van der Waals surface area contributed by atoms with E-state index in [1.807, 2.05) is 13.8 Å². The van der Waals surface area contributed by atoms with Gasteiger partial charge in [-0.2, -0.15) is 0 Å². The van der Waals surface area contributed by atoms with Crippen molar-refractivity contribution in [3.8, 4) is 0 Å². The Morgan fingerprint density at radius 2 is 2.22 bits per heavy atom. The number of aliphatic hydroxyl groups excluding tert-OH is 1. The first-order valence-electron chi connectivity index (χ1n) is 2.97. The number of hydrogen-bond donors (Lipinski definition) is 1. The lowest BCUT2D eigenvalue weighted by Gasteiger charge is -2.04. The highest BCUT2D eigenvalue weighted by molar-refractivity contribution is 6.18. The van der Waals surface area contributed by atoms with E-state index in [9.17, 15) is 0 Å². The van der Waals surface area contributed by atoms with E-state index in [0.717, 1.165) is 0 Å². The molecule has 9 heavy (non-hydrogen) atoms. The molecule has 0 atom stereocenters. The van der Waals surface area contributed by atoms with E-state index in [1.165, 1.54) is 7.69 Å². The highest BCUT2D eigenvalue weighted by Crippen LogP contribution is 1.84. The lowest BCUT2D eigenvalue weighted by Crippen LogP contribution is -2.12. The van der Waals surface area contributed by atoms with Gasteiger partial charge in [0.2, 0.25) is 0 Å². The minimum atomic E-state index is 0.0257. The summed E-state index contributed by atoms with van der Waals surface area (Å²) in [5.41, 5.74) is 0. The molecule has 0 rings (SSSR count). The molecule has 0 aliphatic heterocycles. The first-order valence-corrected chi connectivity index (χ1v) is 2.97. The maximum atomic E-state index is 8.23. The Kier molecular flexibility index (Phi) is 6.03. The zero-order valence-electron chi connectivity index (χ0n) is 5.83. The summed E-state index contributed by atoms with van der Waals surface area (Å²) < 4.78 is 9.58. The molecule has 3 nitrogen and oxygen atoms in total. The van der Waals surface area contributed by atoms with Gasteiger partial charge < -0.3 is 14.4 Å². The van der Waals surface area contributed by atoms with Crippen LogP contribution in [0.1, 0.15) is 13.8 Å². The van der Waals surface area contributed by atoms with E-state index in [0.29, 0.717) is 6.61 Å². The van der Waals surface area contributed by atoms with Crippen molar-refractivity contribution in [1.29, 1.82) is 0 Å². The van der Waals surface area contributed by atoms with Gasteiger partial charge in [0.1, 0.15) is 0 Å². The minimum Gasteiger partial charge on any atom is -0.411 e. The largest absolute Gasteiger partial charge is 0.488 e. The van der Waals surface area contributed by atoms with Crippen molar-refractivity contribution >= 4 is 7.69 Å². The maximum absolute atomic E-state index is 8.23. The van der Waals surface area contributed by atoms with Crippen LogP contribution < -0.4 is 0 Å². The van der Waals surface area contributed by atoms with Crippen LogP contribution in [0.2, 0.25) is 0 Å². The van der Waals surface area contributed by atoms with Gasteiger partial charge >= 0.3 is 7.69 Å². The average Bonchev–Trinajstić information content (AvgIpc) is 1.80. The Morgan fingerprint density at radius 3 is 2.67 bits per heavy atom. The molecule has 53 valence electrons. The van der Waals surface area contributed by atoms with Gasteiger partial charge in [0.25, 0.3) is 0 Å². The van der Waals surface area contributed by atoms with Gasteiger partial charge in [-0.15, -0.1) is 0 Å². The monoisotopic (exact) mass is 131 g/mol. The summed E-state index contributed by atoms with van der Waals surface area (Å²) in [6.45, 7) is 4.13. The molecule has 0 aromatic heterocycles. The van der Waals surface area contributed by atoms with E-state index in [2.05, 4.69) is 0 Å². The predicted molar refractivity (Wildman–Crippen MR) is 35.0 cm³/mol. The van der Waals surface area contributed by atoms with Crippen molar-refractivity contribution in [3.05, 3.63) is 0 Å². The van der Waals surface area contributed by atoms with Crippen molar-refractivity contribution in [1.82, 2.24) is 0 Å². The van der Waals surface area contributed by atoms with E-state index in [4.69, 9.17) is 14.4 Å². The third-order valence-electron chi connectivity index (χ3n) is 0.605. The number of hydrogen-bond acceptors (Lipinski definition) is 3.